The minimum atomic E-state index is -0.760. The summed E-state index contributed by atoms with van der Waals surface area (Å²) in [6.07, 6.45) is 0. The van der Waals surface area contributed by atoms with Crippen molar-refractivity contribution in [2.75, 3.05) is 11.5 Å². The van der Waals surface area contributed by atoms with Crippen molar-refractivity contribution in [2.45, 2.75) is 19.0 Å². The van der Waals surface area contributed by atoms with Gasteiger partial charge in [-0.05, 0) is 43.2 Å². The Morgan fingerprint density at radius 1 is 0.971 bits per heavy atom. The fraction of sp³-hybridized carbons (Fsp3) is 0.208. The van der Waals surface area contributed by atoms with Crippen LogP contribution >= 0.6 is 11.8 Å². The van der Waals surface area contributed by atoms with E-state index in [1.807, 2.05) is 32.0 Å². The maximum absolute atomic E-state index is 13.5. The number of nitrogens with zero attached hydrogens (tertiary/aromatic N) is 4. The highest BCUT2D eigenvalue weighted by atomic mass is 32.2. The van der Waals surface area contributed by atoms with Crippen LogP contribution in [0.4, 0.5) is 5.82 Å². The van der Waals surface area contributed by atoms with E-state index in [0.29, 0.717) is 21.7 Å². The number of hydrogen-bond acceptors (Lipinski definition) is 7. The maximum Gasteiger partial charge on any atom is 0.332 e. The number of rotatable bonds is 5. The van der Waals surface area contributed by atoms with Crippen LogP contribution in [-0.2, 0) is 14.1 Å². The summed E-state index contributed by atoms with van der Waals surface area (Å²) in [5.41, 5.74) is 7.10. The van der Waals surface area contributed by atoms with Gasteiger partial charge in [0.2, 0.25) is 0 Å². The molecule has 9 nitrogen and oxygen atoms in total. The quantitative estimate of drug-likeness (QED) is 0.265. The number of nitrogen functional groups attached to an aromatic ring is 1. The first-order valence-electron chi connectivity index (χ1n) is 10.4. The first-order valence-corrected chi connectivity index (χ1v) is 11.4. The average Bonchev–Trinajstić information content (AvgIpc) is 2.82. The molecule has 0 saturated heterocycles. The molecule has 174 valence electrons. The van der Waals surface area contributed by atoms with E-state index in [-0.39, 0.29) is 22.7 Å². The van der Waals surface area contributed by atoms with Crippen molar-refractivity contribution in [3.05, 3.63) is 90.3 Å². The van der Waals surface area contributed by atoms with Crippen LogP contribution in [-0.4, -0.2) is 30.2 Å². The van der Waals surface area contributed by atoms with E-state index in [1.165, 1.54) is 18.7 Å². The molecule has 0 fully saturated rings. The van der Waals surface area contributed by atoms with Gasteiger partial charge in [0.1, 0.15) is 11.4 Å². The van der Waals surface area contributed by atoms with Crippen LogP contribution in [0, 0.1) is 13.8 Å². The zero-order chi connectivity index (χ0) is 24.7. The van der Waals surface area contributed by atoms with E-state index < -0.39 is 17.0 Å². The maximum atomic E-state index is 13.5. The number of thioether (sulfide) groups is 1. The predicted octanol–water partition coefficient (Wildman–Crippen LogP) is 1.96. The lowest BCUT2D eigenvalue weighted by molar-refractivity contribution is 0.102. The largest absolute Gasteiger partial charge is 0.384 e. The van der Waals surface area contributed by atoms with Gasteiger partial charge < -0.3 is 5.73 Å². The van der Waals surface area contributed by atoms with E-state index in [9.17, 15) is 19.2 Å². The van der Waals surface area contributed by atoms with Crippen LogP contribution in [0.1, 0.15) is 21.5 Å². The molecule has 0 bridgehead atoms. The molecule has 4 aromatic rings. The monoisotopic (exact) mass is 477 g/mol. The molecule has 0 spiro atoms. The second-order valence-corrected chi connectivity index (χ2v) is 8.89. The third-order valence-electron chi connectivity index (χ3n) is 5.88. The number of aromatic nitrogens is 4. The summed E-state index contributed by atoms with van der Waals surface area (Å²) in [6.45, 7) is 3.87. The normalized spacial score (nSPS) is 11.2. The third kappa shape index (κ3) is 3.75. The van der Waals surface area contributed by atoms with Crippen LogP contribution in [0.5, 0.6) is 0 Å². The molecule has 0 unspecified atom stereocenters. The third-order valence-corrected chi connectivity index (χ3v) is 6.82. The van der Waals surface area contributed by atoms with E-state index >= 15 is 0 Å². The molecule has 0 saturated carbocycles. The Bertz CT molecular complexity index is 1650. The number of Topliss-reactive ketones (excluding diaryl/α,β-unsaturated/α-hetero) is 1. The van der Waals surface area contributed by atoms with Crippen LogP contribution in [0.3, 0.4) is 0 Å². The molecule has 2 heterocycles. The number of anilines is 1. The number of ketones is 1. The SMILES string of the molecule is Cc1cccc(-n2c(SCC(=O)c3c(N)n(C)c(=O)n(C)c3=O)nc3ccccc3c2=O)c1C. The van der Waals surface area contributed by atoms with Gasteiger partial charge in [-0.3, -0.25) is 28.1 Å². The zero-order valence-corrected chi connectivity index (χ0v) is 20.0. The number of benzene rings is 2. The van der Waals surface area contributed by atoms with Gasteiger partial charge in [-0.2, -0.15) is 0 Å². The zero-order valence-electron chi connectivity index (χ0n) is 19.2. The van der Waals surface area contributed by atoms with Gasteiger partial charge in [0.25, 0.3) is 11.1 Å². The molecule has 0 aliphatic rings. The Hall–Kier alpha value is -3.92. The molecule has 34 heavy (non-hydrogen) atoms. The smallest absolute Gasteiger partial charge is 0.332 e. The molecule has 0 atom stereocenters. The fourth-order valence-corrected chi connectivity index (χ4v) is 4.60. The van der Waals surface area contributed by atoms with Crippen molar-refractivity contribution in [1.82, 2.24) is 18.7 Å². The standard InChI is InChI=1S/C24H23N5O4S/c1-13-8-7-11-17(14(13)2)29-21(31)15-9-5-6-10-16(15)26-23(29)34-12-18(30)19-20(25)27(3)24(33)28(4)22(19)32/h5-11H,12,25H2,1-4H3. The fourth-order valence-electron chi connectivity index (χ4n) is 3.72. The highest BCUT2D eigenvalue weighted by Crippen LogP contribution is 2.25. The van der Waals surface area contributed by atoms with Gasteiger partial charge >= 0.3 is 5.69 Å². The Balaban J connectivity index is 1.84. The Labute approximate surface area is 198 Å². The van der Waals surface area contributed by atoms with Crippen LogP contribution in [0.25, 0.3) is 16.6 Å². The molecule has 0 aliphatic heterocycles. The molecular weight excluding hydrogens is 454 g/mol. The van der Waals surface area contributed by atoms with Crippen molar-refractivity contribution in [2.24, 2.45) is 14.1 Å². The lowest BCUT2D eigenvalue weighted by Crippen LogP contribution is -2.41. The van der Waals surface area contributed by atoms with Crippen LogP contribution in [0.2, 0.25) is 0 Å². The summed E-state index contributed by atoms with van der Waals surface area (Å²) in [5.74, 6) is -0.960. The predicted molar refractivity (Wildman–Crippen MR) is 133 cm³/mol. The summed E-state index contributed by atoms with van der Waals surface area (Å²) in [4.78, 5) is 55.8. The van der Waals surface area contributed by atoms with Crippen molar-refractivity contribution >= 4 is 34.3 Å². The van der Waals surface area contributed by atoms with Crippen LogP contribution < -0.4 is 22.5 Å². The van der Waals surface area contributed by atoms with Gasteiger partial charge in [0, 0.05) is 14.1 Å². The van der Waals surface area contributed by atoms with Crippen molar-refractivity contribution in [3.8, 4) is 5.69 Å². The van der Waals surface area contributed by atoms with Gasteiger partial charge in [0.15, 0.2) is 10.9 Å². The number of carbonyl (C=O) groups is 1. The number of nitrogens with two attached hydrogens (primary N) is 1. The average molecular weight is 478 g/mol. The molecule has 0 radical (unpaired) electrons. The number of para-hydroxylation sites is 1. The number of hydrogen-bond donors (Lipinski definition) is 1. The number of fused-ring (bicyclic) bond motifs is 1. The summed E-state index contributed by atoms with van der Waals surface area (Å²) < 4.78 is 3.39. The van der Waals surface area contributed by atoms with Gasteiger partial charge in [0.05, 0.1) is 22.3 Å². The van der Waals surface area contributed by atoms with Crippen molar-refractivity contribution < 1.29 is 4.79 Å². The first-order chi connectivity index (χ1) is 16.1. The number of carbonyl (C=O) groups excluding carboxylic acids is 1. The molecule has 0 aliphatic carbocycles. The first kappa shape index (κ1) is 23.2. The van der Waals surface area contributed by atoms with Crippen molar-refractivity contribution in [3.63, 3.8) is 0 Å². The highest BCUT2D eigenvalue weighted by Gasteiger charge is 2.22. The summed E-state index contributed by atoms with van der Waals surface area (Å²) >= 11 is 1.03. The summed E-state index contributed by atoms with van der Waals surface area (Å²) in [7, 11) is 2.68. The highest BCUT2D eigenvalue weighted by molar-refractivity contribution is 7.99. The minimum Gasteiger partial charge on any atom is -0.384 e. The molecular formula is C24H23N5O4S. The topological polar surface area (TPSA) is 122 Å². The van der Waals surface area contributed by atoms with E-state index in [4.69, 9.17) is 5.73 Å². The lowest BCUT2D eigenvalue weighted by atomic mass is 10.1. The summed E-state index contributed by atoms with van der Waals surface area (Å²) in [6, 6.07) is 12.6. The molecule has 2 N–H and O–H groups in total. The molecule has 4 rings (SSSR count). The van der Waals surface area contributed by atoms with Gasteiger partial charge in [-0.25, -0.2) is 9.78 Å². The number of aryl methyl sites for hydroxylation is 1. The lowest BCUT2D eigenvalue weighted by Gasteiger charge is -2.16. The van der Waals surface area contributed by atoms with E-state index in [0.717, 1.165) is 32.0 Å². The van der Waals surface area contributed by atoms with Crippen molar-refractivity contribution in [1.29, 1.82) is 0 Å². The Morgan fingerprint density at radius 3 is 2.41 bits per heavy atom. The summed E-state index contributed by atoms with van der Waals surface area (Å²) in [5, 5.41) is 0.765. The molecule has 2 aromatic carbocycles. The van der Waals surface area contributed by atoms with E-state index in [1.54, 1.807) is 24.3 Å². The minimum absolute atomic E-state index is 0.197. The second-order valence-electron chi connectivity index (χ2n) is 7.95. The van der Waals surface area contributed by atoms with Gasteiger partial charge in [-0.1, -0.05) is 36.0 Å². The van der Waals surface area contributed by atoms with E-state index in [2.05, 4.69) is 4.98 Å². The molecule has 10 heteroatoms. The Morgan fingerprint density at radius 2 is 1.68 bits per heavy atom. The molecule has 2 aromatic heterocycles. The molecule has 0 amide bonds. The van der Waals surface area contributed by atoms with Crippen LogP contribution in [0.15, 0.2) is 62.0 Å². The Kier molecular flexibility index (Phi) is 6.01. The van der Waals surface area contributed by atoms with Gasteiger partial charge in [-0.15, -0.1) is 0 Å². The second kappa shape index (κ2) is 8.79.